The molecule has 0 fully saturated rings. The number of carboxylic acids is 1. The van der Waals surface area contributed by atoms with Crippen LogP contribution in [-0.2, 0) is 28.7 Å². The highest BCUT2D eigenvalue weighted by molar-refractivity contribution is 5.89. The van der Waals surface area contributed by atoms with Crippen LogP contribution in [0.15, 0.2) is 0 Å². The number of hydrogen-bond acceptors (Lipinski definition) is 8. The highest BCUT2D eigenvalue weighted by atomic mass is 16.6. The molecule has 0 saturated carbocycles. The van der Waals surface area contributed by atoms with Crippen molar-refractivity contribution in [3.8, 4) is 0 Å². The maximum absolute atomic E-state index is 11.5. The number of esters is 1. The molecule has 2 amide bonds. The molecular formula is C14H23N3O8. The zero-order valence-electron chi connectivity index (χ0n) is 14.3. The Bertz CT molecular complexity index is 513. The predicted molar refractivity (Wildman–Crippen MR) is 83.7 cm³/mol. The minimum absolute atomic E-state index is 0.355. The zero-order valence-corrected chi connectivity index (χ0v) is 14.3. The number of hydrogen-bond donors (Lipinski definition) is 4. The van der Waals surface area contributed by atoms with E-state index in [4.69, 9.17) is 9.84 Å². The zero-order chi connectivity index (χ0) is 19.5. The first kappa shape index (κ1) is 22.3. The van der Waals surface area contributed by atoms with Gasteiger partial charge in [-0.15, -0.1) is 0 Å². The number of ether oxygens (including phenoxy) is 2. The Balaban J connectivity index is 3.83. The molecule has 0 unspecified atom stereocenters. The van der Waals surface area contributed by atoms with E-state index in [2.05, 4.69) is 20.7 Å². The van der Waals surface area contributed by atoms with E-state index in [0.717, 1.165) is 0 Å². The summed E-state index contributed by atoms with van der Waals surface area (Å²) in [7, 11) is 0. The number of ketones is 1. The van der Waals surface area contributed by atoms with Gasteiger partial charge in [0.15, 0.2) is 12.4 Å². The molecule has 0 aromatic heterocycles. The lowest BCUT2D eigenvalue weighted by atomic mass is 10.2. The average molecular weight is 361 g/mol. The normalized spacial score (nSPS) is 10.5. The average Bonchev–Trinajstić information content (AvgIpc) is 2.46. The Morgan fingerprint density at radius 1 is 0.920 bits per heavy atom. The number of carbonyl (C=O) groups is 5. The Morgan fingerprint density at radius 3 is 2.12 bits per heavy atom. The molecule has 0 spiro atoms. The maximum atomic E-state index is 11.5. The first-order chi connectivity index (χ1) is 11.5. The molecule has 0 aromatic carbocycles. The predicted octanol–water partition coefficient (Wildman–Crippen LogP) is -1.59. The van der Waals surface area contributed by atoms with Crippen molar-refractivity contribution in [1.29, 1.82) is 0 Å². The SMILES string of the molecule is CC(C)(C)OC(=O)NCC(=O)NCC(=O)COC(=O)CNCC(=O)O. The number of amides is 2. The summed E-state index contributed by atoms with van der Waals surface area (Å²) in [6.07, 6.45) is -0.767. The molecule has 0 aliphatic rings. The molecule has 4 N–H and O–H groups in total. The van der Waals surface area contributed by atoms with Gasteiger partial charge in [-0.05, 0) is 20.8 Å². The highest BCUT2D eigenvalue weighted by Gasteiger charge is 2.16. The summed E-state index contributed by atoms with van der Waals surface area (Å²) in [5, 5.41) is 15.1. The van der Waals surface area contributed by atoms with E-state index in [1.165, 1.54) is 0 Å². The van der Waals surface area contributed by atoms with Crippen molar-refractivity contribution in [2.24, 2.45) is 0 Å². The molecule has 11 heteroatoms. The lowest BCUT2D eigenvalue weighted by molar-refractivity contribution is -0.147. The van der Waals surface area contributed by atoms with E-state index in [0.29, 0.717) is 0 Å². The third-order valence-electron chi connectivity index (χ3n) is 2.21. The van der Waals surface area contributed by atoms with Crippen LogP contribution in [0.5, 0.6) is 0 Å². The smallest absolute Gasteiger partial charge is 0.408 e. The minimum atomic E-state index is -1.13. The molecule has 0 saturated heterocycles. The van der Waals surface area contributed by atoms with E-state index in [-0.39, 0.29) is 19.6 Å². The van der Waals surface area contributed by atoms with Gasteiger partial charge < -0.3 is 25.2 Å². The molecule has 0 aliphatic carbocycles. The summed E-state index contributed by atoms with van der Waals surface area (Å²) >= 11 is 0. The molecule has 0 bridgehead atoms. The molecule has 0 radical (unpaired) electrons. The molecule has 0 rings (SSSR count). The number of nitrogens with one attached hydrogen (secondary N) is 3. The highest BCUT2D eigenvalue weighted by Crippen LogP contribution is 2.05. The standard InChI is InChI=1S/C14H23N3O8/c1-14(2,3)25-13(23)17-5-10(19)16-4-9(18)8-24-12(22)7-15-6-11(20)21/h15H,4-8H2,1-3H3,(H,16,19)(H,17,23)(H,20,21). The summed E-state index contributed by atoms with van der Waals surface area (Å²) in [6, 6.07) is 0. The summed E-state index contributed by atoms with van der Waals surface area (Å²) < 4.78 is 9.51. The first-order valence-corrected chi connectivity index (χ1v) is 7.33. The van der Waals surface area contributed by atoms with Crippen LogP contribution >= 0.6 is 0 Å². The molecule has 142 valence electrons. The van der Waals surface area contributed by atoms with Crippen LogP contribution in [-0.4, -0.2) is 73.2 Å². The van der Waals surface area contributed by atoms with Crippen molar-refractivity contribution in [1.82, 2.24) is 16.0 Å². The lowest BCUT2D eigenvalue weighted by Gasteiger charge is -2.19. The van der Waals surface area contributed by atoms with E-state index in [9.17, 15) is 24.0 Å². The first-order valence-electron chi connectivity index (χ1n) is 7.33. The van der Waals surface area contributed by atoms with Crippen LogP contribution in [0.3, 0.4) is 0 Å². The second kappa shape index (κ2) is 11.0. The van der Waals surface area contributed by atoms with E-state index in [1.54, 1.807) is 20.8 Å². The Morgan fingerprint density at radius 2 is 1.56 bits per heavy atom. The van der Waals surface area contributed by atoms with Crippen LogP contribution in [0.1, 0.15) is 20.8 Å². The molecule has 11 nitrogen and oxygen atoms in total. The van der Waals surface area contributed by atoms with Gasteiger partial charge >= 0.3 is 18.0 Å². The minimum Gasteiger partial charge on any atom is -0.480 e. The quantitative estimate of drug-likeness (QED) is 0.336. The summed E-state index contributed by atoms with van der Waals surface area (Å²) in [5.74, 6) is -3.12. The molecule has 25 heavy (non-hydrogen) atoms. The third kappa shape index (κ3) is 14.6. The van der Waals surface area contributed by atoms with E-state index < -0.39 is 48.5 Å². The monoisotopic (exact) mass is 361 g/mol. The van der Waals surface area contributed by atoms with Gasteiger partial charge in [-0.2, -0.15) is 0 Å². The van der Waals surface area contributed by atoms with Gasteiger partial charge in [0.2, 0.25) is 5.91 Å². The Labute approximate surface area is 144 Å². The van der Waals surface area contributed by atoms with Crippen LogP contribution in [0.4, 0.5) is 4.79 Å². The van der Waals surface area contributed by atoms with Gasteiger partial charge in [-0.1, -0.05) is 0 Å². The Hall–Kier alpha value is -2.69. The number of alkyl carbamates (subject to hydrolysis) is 1. The van der Waals surface area contributed by atoms with Crippen molar-refractivity contribution in [2.45, 2.75) is 26.4 Å². The number of rotatable bonds is 10. The molecular weight excluding hydrogens is 338 g/mol. The fraction of sp³-hybridized carbons (Fsp3) is 0.643. The summed E-state index contributed by atoms with van der Waals surface area (Å²) in [4.78, 5) is 55.6. The second-order valence-corrected chi connectivity index (χ2v) is 5.83. The second-order valence-electron chi connectivity index (χ2n) is 5.83. The topological polar surface area (TPSA) is 160 Å². The molecule has 0 aliphatic heterocycles. The summed E-state index contributed by atoms with van der Waals surface area (Å²) in [6.45, 7) is 2.92. The van der Waals surface area contributed by atoms with E-state index in [1.807, 2.05) is 0 Å². The fourth-order valence-electron chi connectivity index (χ4n) is 1.26. The summed E-state index contributed by atoms with van der Waals surface area (Å²) in [5.41, 5.74) is -0.695. The Kier molecular flexibility index (Phi) is 9.79. The van der Waals surface area contributed by atoms with Gasteiger partial charge in [0.1, 0.15) is 12.1 Å². The van der Waals surface area contributed by atoms with Gasteiger partial charge in [-0.25, -0.2) is 4.79 Å². The number of Topliss-reactive ketones (excluding diaryl/α,β-unsaturated/α-hetero) is 1. The van der Waals surface area contributed by atoms with Crippen molar-refractivity contribution < 1.29 is 38.6 Å². The van der Waals surface area contributed by atoms with Gasteiger partial charge in [0.05, 0.1) is 19.6 Å². The molecule has 0 atom stereocenters. The molecule has 0 heterocycles. The number of aliphatic carboxylic acids is 1. The van der Waals surface area contributed by atoms with Crippen LogP contribution < -0.4 is 16.0 Å². The van der Waals surface area contributed by atoms with Crippen molar-refractivity contribution in [2.75, 3.05) is 32.8 Å². The van der Waals surface area contributed by atoms with Crippen LogP contribution in [0.2, 0.25) is 0 Å². The lowest BCUT2D eigenvalue weighted by Crippen LogP contribution is -2.41. The number of carboxylic acid groups (broad SMARTS) is 1. The third-order valence-corrected chi connectivity index (χ3v) is 2.21. The van der Waals surface area contributed by atoms with Crippen molar-refractivity contribution >= 4 is 29.7 Å². The van der Waals surface area contributed by atoms with Crippen LogP contribution in [0.25, 0.3) is 0 Å². The van der Waals surface area contributed by atoms with E-state index >= 15 is 0 Å². The van der Waals surface area contributed by atoms with Crippen molar-refractivity contribution in [3.63, 3.8) is 0 Å². The van der Waals surface area contributed by atoms with Crippen LogP contribution in [0, 0.1) is 0 Å². The maximum Gasteiger partial charge on any atom is 0.408 e. The number of carbonyl (C=O) groups excluding carboxylic acids is 4. The van der Waals surface area contributed by atoms with Crippen molar-refractivity contribution in [3.05, 3.63) is 0 Å². The van der Waals surface area contributed by atoms with Gasteiger partial charge in [-0.3, -0.25) is 24.5 Å². The fourth-order valence-corrected chi connectivity index (χ4v) is 1.26. The van der Waals surface area contributed by atoms with Gasteiger partial charge in [0, 0.05) is 0 Å². The van der Waals surface area contributed by atoms with Gasteiger partial charge in [0.25, 0.3) is 0 Å². The molecule has 0 aromatic rings. The largest absolute Gasteiger partial charge is 0.480 e.